The van der Waals surface area contributed by atoms with Crippen molar-refractivity contribution in [2.45, 2.75) is 117 Å². The van der Waals surface area contributed by atoms with E-state index in [1.54, 1.807) is 27.9 Å². The van der Waals surface area contributed by atoms with Crippen molar-refractivity contribution >= 4 is 40.5 Å². The molecule has 362 valence electrons. The first-order valence-corrected chi connectivity index (χ1v) is 23.6. The summed E-state index contributed by atoms with van der Waals surface area (Å²) in [7, 11) is 1.70. The Kier molecular flexibility index (Phi) is 15.3. The van der Waals surface area contributed by atoms with Gasteiger partial charge < -0.3 is 38.8 Å². The number of carbonyl (C=O) groups is 4. The molecule has 3 aliphatic heterocycles. The van der Waals surface area contributed by atoms with Crippen molar-refractivity contribution in [3.63, 3.8) is 0 Å². The van der Waals surface area contributed by atoms with Crippen molar-refractivity contribution in [2.24, 2.45) is 5.41 Å². The number of alkyl carbamates (subject to hydrolysis) is 1. The molecule has 4 aromatic rings. The molecule has 2 unspecified atom stereocenters. The number of rotatable bonds is 15. The van der Waals surface area contributed by atoms with E-state index in [1.165, 1.54) is 11.9 Å². The van der Waals surface area contributed by atoms with E-state index >= 15 is 0 Å². The van der Waals surface area contributed by atoms with E-state index in [0.717, 1.165) is 88.6 Å². The summed E-state index contributed by atoms with van der Waals surface area (Å²) in [5.74, 6) is -1.83. The molecule has 2 amide bonds. The third-order valence-electron chi connectivity index (χ3n) is 12.9. The lowest BCUT2D eigenvalue weighted by Gasteiger charge is -2.44. The van der Waals surface area contributed by atoms with Crippen LogP contribution < -0.4 is 15.6 Å². The molecule has 3 fully saturated rings. The number of carboxylic acid groups (broad SMARTS) is 1. The summed E-state index contributed by atoms with van der Waals surface area (Å²) in [5.41, 5.74) is 10.3. The van der Waals surface area contributed by atoms with Crippen LogP contribution in [0.1, 0.15) is 91.2 Å². The highest BCUT2D eigenvalue weighted by Gasteiger charge is 2.35. The Morgan fingerprint density at radius 1 is 1.01 bits per heavy atom. The van der Waals surface area contributed by atoms with Gasteiger partial charge in [0.25, 0.3) is 5.91 Å². The van der Waals surface area contributed by atoms with Gasteiger partial charge in [-0.3, -0.25) is 29.3 Å². The molecular formula is C51H69N7O9. The summed E-state index contributed by atoms with van der Waals surface area (Å²) in [4.78, 5) is 61.3. The number of esters is 1. The fraction of sp³-hybridized carbons (Fsp3) is 0.549. The predicted molar refractivity (Wildman–Crippen MR) is 257 cm³/mol. The molecule has 2 aromatic carbocycles. The SMILES string of the molecule is CCn1c(-c2cc(N3CCN4CCOC[C@@H]4C3)cnc2C(C)OC)c(CC(C)(C)COC(C)=O)c2cc(-c3cccc(CC(NC(=O)OC(C)(C)C)C(=O)N4CCC[C@@H](C(=O)O)N4)c3)ccc21. The number of aromatic nitrogens is 2. The topological polar surface area (TPSA) is 177 Å². The van der Waals surface area contributed by atoms with E-state index in [0.29, 0.717) is 45.0 Å². The average Bonchev–Trinajstić information content (AvgIpc) is 3.60. The molecule has 3 N–H and O–H groups in total. The Morgan fingerprint density at radius 2 is 1.79 bits per heavy atom. The second-order valence-corrected chi connectivity index (χ2v) is 19.9. The Morgan fingerprint density at radius 3 is 2.51 bits per heavy atom. The summed E-state index contributed by atoms with van der Waals surface area (Å²) in [5, 5.41) is 14.8. The number of aliphatic carboxylic acids is 1. The van der Waals surface area contributed by atoms with Crippen LogP contribution in [0.5, 0.6) is 0 Å². The molecule has 0 radical (unpaired) electrons. The van der Waals surface area contributed by atoms with Gasteiger partial charge in [0, 0.05) is 81.6 Å². The number of carbonyl (C=O) groups excluding carboxylic acids is 3. The lowest BCUT2D eigenvalue weighted by Crippen LogP contribution is -2.60. The fourth-order valence-electron chi connectivity index (χ4n) is 9.56. The molecule has 4 atom stereocenters. The minimum atomic E-state index is -1.05. The van der Waals surface area contributed by atoms with E-state index in [2.05, 4.69) is 70.1 Å². The molecular weight excluding hydrogens is 855 g/mol. The minimum absolute atomic E-state index is 0.128. The maximum atomic E-state index is 14.1. The quantitative estimate of drug-likeness (QED) is 0.107. The number of methoxy groups -OCH3 is 1. The number of morpholine rings is 1. The highest BCUT2D eigenvalue weighted by atomic mass is 16.6. The fourth-order valence-corrected chi connectivity index (χ4v) is 9.56. The van der Waals surface area contributed by atoms with Crippen LogP contribution in [-0.4, -0.2) is 132 Å². The molecule has 16 nitrogen and oxygen atoms in total. The number of benzene rings is 2. The van der Waals surface area contributed by atoms with Gasteiger partial charge in [0.05, 0.1) is 55.2 Å². The Balaban J connectivity index is 1.31. The number of ether oxygens (including phenoxy) is 4. The van der Waals surface area contributed by atoms with Gasteiger partial charge in [0.1, 0.15) is 17.7 Å². The van der Waals surface area contributed by atoms with Crippen molar-refractivity contribution in [1.82, 2.24) is 30.2 Å². The first kappa shape index (κ1) is 49.4. The van der Waals surface area contributed by atoms with Crippen molar-refractivity contribution < 1.29 is 43.2 Å². The van der Waals surface area contributed by atoms with Gasteiger partial charge in [-0.2, -0.15) is 0 Å². The van der Waals surface area contributed by atoms with E-state index in [9.17, 15) is 24.3 Å². The maximum Gasteiger partial charge on any atom is 0.408 e. The normalized spacial score (nSPS) is 19.1. The smallest absolute Gasteiger partial charge is 0.408 e. The number of pyridine rings is 1. The molecule has 67 heavy (non-hydrogen) atoms. The molecule has 3 aliphatic rings. The third kappa shape index (κ3) is 11.8. The maximum absolute atomic E-state index is 14.1. The van der Waals surface area contributed by atoms with Gasteiger partial charge in [-0.05, 0) is 94.3 Å². The number of hydrogen-bond donors (Lipinski definition) is 3. The van der Waals surface area contributed by atoms with Crippen molar-refractivity contribution in [3.05, 3.63) is 71.5 Å². The minimum Gasteiger partial charge on any atom is -0.480 e. The molecule has 16 heteroatoms. The summed E-state index contributed by atoms with van der Waals surface area (Å²) >= 11 is 0. The van der Waals surface area contributed by atoms with E-state index < -0.39 is 41.1 Å². The summed E-state index contributed by atoms with van der Waals surface area (Å²) in [6.45, 7) is 21.4. The Hall–Kier alpha value is -5.55. The molecule has 3 saturated heterocycles. The monoisotopic (exact) mass is 924 g/mol. The summed E-state index contributed by atoms with van der Waals surface area (Å²) in [6.07, 6.45) is 2.51. The van der Waals surface area contributed by atoms with Crippen LogP contribution in [0.3, 0.4) is 0 Å². The van der Waals surface area contributed by atoms with Gasteiger partial charge >= 0.3 is 18.0 Å². The number of fused-ring (bicyclic) bond motifs is 2. The van der Waals surface area contributed by atoms with Crippen LogP contribution in [0, 0.1) is 5.41 Å². The van der Waals surface area contributed by atoms with Crippen LogP contribution in [-0.2, 0) is 52.7 Å². The molecule has 2 aromatic heterocycles. The van der Waals surface area contributed by atoms with Crippen LogP contribution >= 0.6 is 0 Å². The third-order valence-corrected chi connectivity index (χ3v) is 12.9. The van der Waals surface area contributed by atoms with E-state index in [4.69, 9.17) is 23.9 Å². The van der Waals surface area contributed by atoms with Crippen LogP contribution in [0.15, 0.2) is 54.7 Å². The molecule has 0 saturated carbocycles. The molecule has 7 rings (SSSR count). The zero-order chi connectivity index (χ0) is 48.2. The van der Waals surface area contributed by atoms with Gasteiger partial charge in [-0.25, -0.2) is 10.2 Å². The van der Waals surface area contributed by atoms with E-state index in [-0.39, 0.29) is 25.1 Å². The highest BCUT2D eigenvalue weighted by Crippen LogP contribution is 2.43. The zero-order valence-corrected chi connectivity index (χ0v) is 40.6. The van der Waals surface area contributed by atoms with E-state index in [1.807, 2.05) is 37.4 Å². The number of piperazine rings is 1. The molecule has 0 aliphatic carbocycles. The molecule has 0 spiro atoms. The molecule has 5 heterocycles. The van der Waals surface area contributed by atoms with Gasteiger partial charge in [0.15, 0.2) is 0 Å². The van der Waals surface area contributed by atoms with Crippen molar-refractivity contribution in [2.75, 3.05) is 64.6 Å². The van der Waals surface area contributed by atoms with Crippen LogP contribution in [0.4, 0.5) is 10.5 Å². The number of hydrazine groups is 1. The van der Waals surface area contributed by atoms with Gasteiger partial charge in [-0.1, -0.05) is 44.2 Å². The first-order valence-electron chi connectivity index (χ1n) is 23.6. The Labute approximate surface area is 394 Å². The number of amides is 2. The largest absolute Gasteiger partial charge is 0.480 e. The number of hydrogen-bond acceptors (Lipinski definition) is 12. The lowest BCUT2D eigenvalue weighted by atomic mass is 9.84. The predicted octanol–water partition coefficient (Wildman–Crippen LogP) is 6.77. The van der Waals surface area contributed by atoms with Crippen molar-refractivity contribution in [1.29, 1.82) is 0 Å². The number of nitrogens with one attached hydrogen (secondary N) is 2. The highest BCUT2D eigenvalue weighted by molar-refractivity contribution is 5.96. The van der Waals surface area contributed by atoms with Crippen molar-refractivity contribution in [3.8, 4) is 22.4 Å². The Bertz CT molecular complexity index is 2440. The van der Waals surface area contributed by atoms with Crippen LogP contribution in [0.25, 0.3) is 33.3 Å². The zero-order valence-electron chi connectivity index (χ0n) is 40.6. The number of carboxylic acids is 1. The average molecular weight is 924 g/mol. The lowest BCUT2D eigenvalue weighted by molar-refractivity contribution is -0.148. The standard InChI is InChI=1S/C51H69N7O9/c1-10-57-44-17-16-36(35-14-11-13-34(23-35)24-43(53-49(63)67-50(4,5)6)47(60)58-18-12-15-42(54-58)48(61)62)25-39(44)41(27-51(7,8)31-66-33(3)59)46(57)40-26-37(28-52-45(40)32(2)64-9)56-20-19-55-21-22-65-30-38(55)29-56/h11,13-14,16-17,23,25-26,28,32,38,42-43,54H,10,12,15,18-22,24,27,29-31H2,1-9H3,(H,53,63)(H,61,62)/t32?,38-,42-,43?/m0/s1. The van der Waals surface area contributed by atoms with Gasteiger partial charge in [0.2, 0.25) is 0 Å². The number of nitrogens with zero attached hydrogens (tertiary/aromatic N) is 5. The number of aryl methyl sites for hydroxylation is 1. The van der Waals surface area contributed by atoms with Gasteiger partial charge in [-0.15, -0.1) is 0 Å². The van der Waals surface area contributed by atoms with Crippen LogP contribution in [0.2, 0.25) is 0 Å². The second kappa shape index (κ2) is 20.8. The first-order chi connectivity index (χ1) is 31.8. The molecule has 0 bridgehead atoms. The number of anilines is 1. The summed E-state index contributed by atoms with van der Waals surface area (Å²) < 4.78 is 25.4. The summed E-state index contributed by atoms with van der Waals surface area (Å²) in [6, 6.07) is 15.0. The second-order valence-electron chi connectivity index (χ2n) is 19.9.